The van der Waals surface area contributed by atoms with E-state index in [1.165, 1.54) is 30.5 Å². The number of carbonyl (C=O) groups is 1. The van der Waals surface area contributed by atoms with Crippen molar-refractivity contribution < 1.29 is 27.8 Å². The maximum atomic E-state index is 12.6. The standard InChI is InChI=1S/C19H12F3NO3/c20-19(21,22)26-17-7-2-1-6-15(17)14-5-3-4-12(10-14)13-8-9-23-16(11-13)18(24)25/h1-11H,(H,24,25). The second-order valence-electron chi connectivity index (χ2n) is 5.36. The summed E-state index contributed by atoms with van der Waals surface area (Å²) in [5, 5.41) is 9.05. The first-order chi connectivity index (χ1) is 12.3. The van der Waals surface area contributed by atoms with Gasteiger partial charge in [-0.05, 0) is 41.0 Å². The fraction of sp³-hybridized carbons (Fsp3) is 0.0526. The van der Waals surface area contributed by atoms with E-state index in [1.54, 1.807) is 36.4 Å². The molecule has 0 spiro atoms. The molecule has 0 aliphatic rings. The summed E-state index contributed by atoms with van der Waals surface area (Å²) < 4.78 is 41.9. The van der Waals surface area contributed by atoms with Crippen molar-refractivity contribution >= 4 is 5.97 Å². The fourth-order valence-corrected chi connectivity index (χ4v) is 2.51. The van der Waals surface area contributed by atoms with E-state index in [-0.39, 0.29) is 17.0 Å². The first kappa shape index (κ1) is 17.5. The van der Waals surface area contributed by atoms with Crippen LogP contribution in [0, 0.1) is 0 Å². The summed E-state index contributed by atoms with van der Waals surface area (Å²) in [6.45, 7) is 0. The molecule has 0 saturated carbocycles. The Morgan fingerprint density at radius 1 is 0.923 bits per heavy atom. The van der Waals surface area contributed by atoms with E-state index in [0.29, 0.717) is 16.7 Å². The summed E-state index contributed by atoms with van der Waals surface area (Å²) >= 11 is 0. The number of rotatable bonds is 4. The molecular formula is C19H12F3NO3. The molecule has 26 heavy (non-hydrogen) atoms. The third-order valence-electron chi connectivity index (χ3n) is 3.60. The van der Waals surface area contributed by atoms with Crippen LogP contribution in [-0.4, -0.2) is 22.4 Å². The van der Waals surface area contributed by atoms with E-state index in [4.69, 9.17) is 5.11 Å². The number of aromatic nitrogens is 1. The van der Waals surface area contributed by atoms with E-state index < -0.39 is 12.3 Å². The summed E-state index contributed by atoms with van der Waals surface area (Å²) in [5.74, 6) is -1.47. The smallest absolute Gasteiger partial charge is 0.477 e. The molecule has 1 N–H and O–H groups in total. The molecule has 0 aliphatic heterocycles. The van der Waals surface area contributed by atoms with Crippen LogP contribution in [0.1, 0.15) is 10.5 Å². The molecule has 0 saturated heterocycles. The first-order valence-corrected chi connectivity index (χ1v) is 7.48. The van der Waals surface area contributed by atoms with Crippen molar-refractivity contribution in [3.8, 4) is 28.0 Å². The zero-order valence-corrected chi connectivity index (χ0v) is 13.2. The van der Waals surface area contributed by atoms with Gasteiger partial charge >= 0.3 is 12.3 Å². The number of hydrogen-bond acceptors (Lipinski definition) is 3. The second-order valence-corrected chi connectivity index (χ2v) is 5.36. The quantitative estimate of drug-likeness (QED) is 0.711. The van der Waals surface area contributed by atoms with Gasteiger partial charge in [-0.3, -0.25) is 0 Å². The molecule has 0 radical (unpaired) electrons. The van der Waals surface area contributed by atoms with E-state index >= 15 is 0 Å². The van der Waals surface area contributed by atoms with Crippen LogP contribution >= 0.6 is 0 Å². The molecule has 1 aromatic heterocycles. The van der Waals surface area contributed by atoms with Gasteiger partial charge in [-0.1, -0.05) is 36.4 Å². The Labute approximate surface area is 146 Å². The second kappa shape index (κ2) is 6.87. The number of benzene rings is 2. The number of alkyl halides is 3. The number of halogens is 3. The van der Waals surface area contributed by atoms with Crippen molar-refractivity contribution in [2.75, 3.05) is 0 Å². The number of nitrogens with zero attached hydrogens (tertiary/aromatic N) is 1. The number of aromatic carboxylic acids is 1. The molecule has 0 atom stereocenters. The molecule has 1 heterocycles. The van der Waals surface area contributed by atoms with Gasteiger partial charge in [0.25, 0.3) is 0 Å². The molecule has 4 nitrogen and oxygen atoms in total. The number of para-hydroxylation sites is 1. The third kappa shape index (κ3) is 4.00. The van der Waals surface area contributed by atoms with Crippen molar-refractivity contribution in [1.29, 1.82) is 0 Å². The van der Waals surface area contributed by atoms with Crippen LogP contribution in [0.5, 0.6) is 5.75 Å². The van der Waals surface area contributed by atoms with Crippen LogP contribution in [0.3, 0.4) is 0 Å². The lowest BCUT2D eigenvalue weighted by molar-refractivity contribution is -0.274. The van der Waals surface area contributed by atoms with E-state index in [1.807, 2.05) is 0 Å². The largest absolute Gasteiger partial charge is 0.573 e. The highest BCUT2D eigenvalue weighted by Gasteiger charge is 2.32. The minimum Gasteiger partial charge on any atom is -0.477 e. The lowest BCUT2D eigenvalue weighted by atomic mass is 9.98. The Morgan fingerprint density at radius 2 is 1.62 bits per heavy atom. The minimum atomic E-state index is -4.80. The molecule has 0 unspecified atom stereocenters. The molecule has 0 amide bonds. The van der Waals surface area contributed by atoms with Crippen LogP contribution in [0.4, 0.5) is 13.2 Å². The zero-order valence-electron chi connectivity index (χ0n) is 13.2. The van der Waals surface area contributed by atoms with Crippen LogP contribution < -0.4 is 4.74 Å². The molecule has 2 aromatic carbocycles. The highest BCUT2D eigenvalue weighted by molar-refractivity contribution is 5.87. The van der Waals surface area contributed by atoms with Crippen LogP contribution in [0.25, 0.3) is 22.3 Å². The molecule has 0 aliphatic carbocycles. The van der Waals surface area contributed by atoms with Gasteiger partial charge in [0.05, 0.1) is 0 Å². The van der Waals surface area contributed by atoms with E-state index in [2.05, 4.69) is 9.72 Å². The lowest BCUT2D eigenvalue weighted by Crippen LogP contribution is -2.17. The molecular weight excluding hydrogens is 347 g/mol. The Kier molecular flexibility index (Phi) is 4.62. The average molecular weight is 359 g/mol. The Hall–Kier alpha value is -3.35. The average Bonchev–Trinajstić information content (AvgIpc) is 2.61. The fourth-order valence-electron chi connectivity index (χ4n) is 2.51. The number of carboxylic acids is 1. The summed E-state index contributed by atoms with van der Waals surface area (Å²) in [5.41, 5.74) is 1.91. The maximum absolute atomic E-state index is 12.6. The molecule has 132 valence electrons. The van der Waals surface area contributed by atoms with Crippen LogP contribution in [-0.2, 0) is 0 Å². The number of ether oxygens (including phenoxy) is 1. The summed E-state index contributed by atoms with van der Waals surface area (Å²) in [6.07, 6.45) is -3.43. The van der Waals surface area contributed by atoms with Crippen LogP contribution in [0.2, 0.25) is 0 Å². The van der Waals surface area contributed by atoms with Crippen molar-refractivity contribution in [2.24, 2.45) is 0 Å². The van der Waals surface area contributed by atoms with Crippen molar-refractivity contribution in [3.05, 3.63) is 72.6 Å². The molecule has 0 bridgehead atoms. The van der Waals surface area contributed by atoms with Gasteiger partial charge in [-0.2, -0.15) is 0 Å². The molecule has 7 heteroatoms. The number of carboxylic acid groups (broad SMARTS) is 1. The molecule has 3 aromatic rings. The van der Waals surface area contributed by atoms with Gasteiger partial charge < -0.3 is 9.84 Å². The topological polar surface area (TPSA) is 59.4 Å². The SMILES string of the molecule is O=C(O)c1cc(-c2cccc(-c3ccccc3OC(F)(F)F)c2)ccn1. The third-order valence-corrected chi connectivity index (χ3v) is 3.60. The monoisotopic (exact) mass is 359 g/mol. The highest BCUT2D eigenvalue weighted by atomic mass is 19.4. The Morgan fingerprint density at radius 3 is 2.35 bits per heavy atom. The number of hydrogen-bond donors (Lipinski definition) is 1. The highest BCUT2D eigenvalue weighted by Crippen LogP contribution is 2.35. The minimum absolute atomic E-state index is 0.117. The van der Waals surface area contributed by atoms with Crippen molar-refractivity contribution in [1.82, 2.24) is 4.98 Å². The maximum Gasteiger partial charge on any atom is 0.573 e. The zero-order chi connectivity index (χ0) is 18.7. The van der Waals surface area contributed by atoms with Gasteiger partial charge in [-0.25, -0.2) is 9.78 Å². The molecule has 0 fully saturated rings. The number of pyridine rings is 1. The normalized spacial score (nSPS) is 11.2. The van der Waals surface area contributed by atoms with E-state index in [0.717, 1.165) is 0 Å². The molecule has 3 rings (SSSR count). The van der Waals surface area contributed by atoms with Crippen molar-refractivity contribution in [3.63, 3.8) is 0 Å². The van der Waals surface area contributed by atoms with Gasteiger partial charge in [0.1, 0.15) is 11.4 Å². The summed E-state index contributed by atoms with van der Waals surface area (Å²) in [4.78, 5) is 14.8. The van der Waals surface area contributed by atoms with Crippen molar-refractivity contribution in [2.45, 2.75) is 6.36 Å². The summed E-state index contributed by atoms with van der Waals surface area (Å²) in [6, 6.07) is 15.6. The van der Waals surface area contributed by atoms with E-state index in [9.17, 15) is 18.0 Å². The Balaban J connectivity index is 2.04. The van der Waals surface area contributed by atoms with Gasteiger partial charge in [0.2, 0.25) is 0 Å². The lowest BCUT2D eigenvalue weighted by Gasteiger charge is -2.14. The predicted octanol–water partition coefficient (Wildman–Crippen LogP) is 5.01. The van der Waals surface area contributed by atoms with Crippen LogP contribution in [0.15, 0.2) is 66.9 Å². The first-order valence-electron chi connectivity index (χ1n) is 7.48. The van der Waals surface area contributed by atoms with Gasteiger partial charge in [-0.15, -0.1) is 13.2 Å². The summed E-state index contributed by atoms with van der Waals surface area (Å²) in [7, 11) is 0. The predicted molar refractivity (Wildman–Crippen MR) is 88.8 cm³/mol. The van der Waals surface area contributed by atoms with Gasteiger partial charge in [0, 0.05) is 11.8 Å². The van der Waals surface area contributed by atoms with Gasteiger partial charge in [0.15, 0.2) is 0 Å². The Bertz CT molecular complexity index is 955.